The fraction of sp³-hybridized carbons (Fsp3) is 0.500. The van der Waals surface area contributed by atoms with E-state index in [2.05, 4.69) is 0 Å². The van der Waals surface area contributed by atoms with E-state index in [9.17, 15) is 23.5 Å². The molecule has 0 spiro atoms. The van der Waals surface area contributed by atoms with Gasteiger partial charge in [0.05, 0.1) is 6.04 Å². The van der Waals surface area contributed by atoms with Crippen LogP contribution in [-0.4, -0.2) is 33.7 Å². The van der Waals surface area contributed by atoms with E-state index in [0.717, 1.165) is 17.0 Å². The Morgan fingerprint density at radius 1 is 1.22 bits per heavy atom. The minimum Gasteiger partial charge on any atom is -0.480 e. The van der Waals surface area contributed by atoms with Crippen molar-refractivity contribution in [3.05, 3.63) is 35.4 Å². The number of halogens is 2. The molecule has 7 heteroatoms. The van der Waals surface area contributed by atoms with Gasteiger partial charge in [0, 0.05) is 0 Å². The molecule has 1 aromatic rings. The minimum atomic E-state index is -1.15. The van der Waals surface area contributed by atoms with Gasteiger partial charge in [-0.25, -0.2) is 18.4 Å². The third-order valence-corrected chi connectivity index (χ3v) is 3.60. The standard InChI is InChI=1S/C16H19F2NO4/c1-16(2,3)23-15(22)19-12(6-7-13(19)14(20)21)9-4-5-10(17)11(18)8-9/h4-5,8,12-13H,6-7H2,1-3H3,(H,20,21)/t12-,13+/m0/s1. The van der Waals surface area contributed by atoms with Crippen LogP contribution in [0.15, 0.2) is 18.2 Å². The molecule has 1 aromatic carbocycles. The Labute approximate surface area is 132 Å². The van der Waals surface area contributed by atoms with Crippen LogP contribution in [0.2, 0.25) is 0 Å². The summed E-state index contributed by atoms with van der Waals surface area (Å²) in [7, 11) is 0. The van der Waals surface area contributed by atoms with Crippen molar-refractivity contribution in [2.45, 2.75) is 51.3 Å². The maximum Gasteiger partial charge on any atom is 0.411 e. The summed E-state index contributed by atoms with van der Waals surface area (Å²) in [6.07, 6.45) is -0.225. The number of amides is 1. The summed E-state index contributed by atoms with van der Waals surface area (Å²) >= 11 is 0. The highest BCUT2D eigenvalue weighted by Gasteiger charge is 2.43. The Bertz CT molecular complexity index is 627. The molecule has 1 N–H and O–H groups in total. The summed E-state index contributed by atoms with van der Waals surface area (Å²) in [6.45, 7) is 5.01. The van der Waals surface area contributed by atoms with Crippen LogP contribution in [0.3, 0.4) is 0 Å². The highest BCUT2D eigenvalue weighted by molar-refractivity contribution is 5.81. The highest BCUT2D eigenvalue weighted by Crippen LogP contribution is 2.37. The SMILES string of the molecule is CC(C)(C)OC(=O)N1[C@@H](C(=O)O)CC[C@H]1c1ccc(F)c(F)c1. The molecule has 1 amide bonds. The van der Waals surface area contributed by atoms with Crippen LogP contribution in [0.25, 0.3) is 0 Å². The molecular formula is C16H19F2NO4. The average molecular weight is 327 g/mol. The molecule has 0 radical (unpaired) electrons. The van der Waals surface area contributed by atoms with E-state index in [1.54, 1.807) is 20.8 Å². The second-order valence-corrected chi connectivity index (χ2v) is 6.51. The van der Waals surface area contributed by atoms with Crippen molar-refractivity contribution in [1.82, 2.24) is 4.90 Å². The van der Waals surface area contributed by atoms with Gasteiger partial charge in [0.25, 0.3) is 0 Å². The van der Waals surface area contributed by atoms with Crippen LogP contribution in [-0.2, 0) is 9.53 Å². The van der Waals surface area contributed by atoms with E-state index < -0.39 is 41.4 Å². The first-order valence-corrected chi connectivity index (χ1v) is 7.29. The molecule has 2 rings (SSSR count). The van der Waals surface area contributed by atoms with E-state index in [1.165, 1.54) is 6.07 Å². The normalized spacial score (nSPS) is 21.3. The van der Waals surface area contributed by atoms with Gasteiger partial charge in [-0.1, -0.05) is 6.07 Å². The third kappa shape index (κ3) is 3.78. The summed E-state index contributed by atoms with van der Waals surface area (Å²) in [5.41, 5.74) is -0.445. The molecule has 0 saturated carbocycles. The number of hydrogen-bond acceptors (Lipinski definition) is 3. The Morgan fingerprint density at radius 3 is 2.39 bits per heavy atom. The van der Waals surface area contributed by atoms with Crippen molar-refractivity contribution < 1.29 is 28.2 Å². The zero-order valence-corrected chi connectivity index (χ0v) is 13.2. The van der Waals surface area contributed by atoms with Crippen LogP contribution < -0.4 is 0 Å². The number of carbonyl (C=O) groups is 2. The summed E-state index contributed by atoms with van der Waals surface area (Å²) in [4.78, 5) is 24.9. The van der Waals surface area contributed by atoms with Crippen LogP contribution in [0.5, 0.6) is 0 Å². The van der Waals surface area contributed by atoms with Crippen LogP contribution >= 0.6 is 0 Å². The van der Waals surface area contributed by atoms with Crippen LogP contribution in [0.4, 0.5) is 13.6 Å². The van der Waals surface area contributed by atoms with Crippen molar-refractivity contribution in [3.8, 4) is 0 Å². The minimum absolute atomic E-state index is 0.220. The molecule has 0 aromatic heterocycles. The van der Waals surface area contributed by atoms with Gasteiger partial charge in [-0.2, -0.15) is 0 Å². The molecular weight excluding hydrogens is 308 g/mol. The molecule has 2 atom stereocenters. The number of ether oxygens (including phenoxy) is 1. The number of likely N-dealkylation sites (tertiary alicyclic amines) is 1. The molecule has 1 aliphatic rings. The van der Waals surface area contributed by atoms with Gasteiger partial charge in [-0.05, 0) is 51.3 Å². The molecule has 126 valence electrons. The maximum atomic E-state index is 13.5. The van der Waals surface area contributed by atoms with Gasteiger partial charge in [-0.3, -0.25) is 4.90 Å². The zero-order chi connectivity index (χ0) is 17.4. The summed E-state index contributed by atoms with van der Waals surface area (Å²) in [5.74, 6) is -3.18. The monoisotopic (exact) mass is 327 g/mol. The number of hydrogen-bond donors (Lipinski definition) is 1. The molecule has 1 fully saturated rings. The van der Waals surface area contributed by atoms with Crippen molar-refractivity contribution in [2.24, 2.45) is 0 Å². The quantitative estimate of drug-likeness (QED) is 0.903. The van der Waals surface area contributed by atoms with E-state index in [1.807, 2.05) is 0 Å². The van der Waals surface area contributed by atoms with Gasteiger partial charge in [0.1, 0.15) is 11.6 Å². The number of benzene rings is 1. The fourth-order valence-electron chi connectivity index (χ4n) is 2.67. The second-order valence-electron chi connectivity index (χ2n) is 6.51. The van der Waals surface area contributed by atoms with E-state index in [-0.39, 0.29) is 6.42 Å². The highest BCUT2D eigenvalue weighted by atomic mass is 19.2. The number of carboxylic acids is 1. The summed E-state index contributed by atoms with van der Waals surface area (Å²) in [5, 5.41) is 9.31. The number of aliphatic carboxylic acids is 1. The zero-order valence-electron chi connectivity index (χ0n) is 13.2. The Hall–Kier alpha value is -2.18. The predicted octanol–water partition coefficient (Wildman–Crippen LogP) is 3.49. The lowest BCUT2D eigenvalue weighted by Crippen LogP contribution is -2.44. The topological polar surface area (TPSA) is 66.8 Å². The predicted molar refractivity (Wildman–Crippen MR) is 77.8 cm³/mol. The van der Waals surface area contributed by atoms with Gasteiger partial charge in [0.2, 0.25) is 0 Å². The third-order valence-electron chi connectivity index (χ3n) is 3.60. The number of rotatable bonds is 2. The van der Waals surface area contributed by atoms with E-state index in [0.29, 0.717) is 12.0 Å². The lowest BCUT2D eigenvalue weighted by molar-refractivity contribution is -0.142. The van der Waals surface area contributed by atoms with Crippen molar-refractivity contribution in [3.63, 3.8) is 0 Å². The average Bonchev–Trinajstić information content (AvgIpc) is 2.85. The first-order chi connectivity index (χ1) is 10.6. The Morgan fingerprint density at radius 2 is 1.87 bits per heavy atom. The van der Waals surface area contributed by atoms with Crippen molar-refractivity contribution >= 4 is 12.1 Å². The van der Waals surface area contributed by atoms with Crippen LogP contribution in [0, 0.1) is 11.6 Å². The number of carbonyl (C=O) groups excluding carboxylic acids is 1. The smallest absolute Gasteiger partial charge is 0.411 e. The molecule has 23 heavy (non-hydrogen) atoms. The van der Waals surface area contributed by atoms with Crippen molar-refractivity contribution in [2.75, 3.05) is 0 Å². The Kier molecular flexibility index (Phi) is 4.58. The lowest BCUT2D eigenvalue weighted by Gasteiger charge is -2.31. The van der Waals surface area contributed by atoms with E-state index >= 15 is 0 Å². The van der Waals surface area contributed by atoms with E-state index in [4.69, 9.17) is 4.74 Å². The van der Waals surface area contributed by atoms with Crippen molar-refractivity contribution in [1.29, 1.82) is 0 Å². The molecule has 1 aliphatic heterocycles. The second kappa shape index (κ2) is 6.14. The summed E-state index contributed by atoms with van der Waals surface area (Å²) < 4.78 is 31.8. The largest absolute Gasteiger partial charge is 0.480 e. The number of nitrogens with zero attached hydrogens (tertiary/aromatic N) is 1. The molecule has 0 unspecified atom stereocenters. The van der Waals surface area contributed by atoms with Gasteiger partial charge >= 0.3 is 12.1 Å². The molecule has 0 bridgehead atoms. The van der Waals surface area contributed by atoms with Gasteiger partial charge in [0.15, 0.2) is 11.6 Å². The maximum absolute atomic E-state index is 13.5. The van der Waals surface area contributed by atoms with Gasteiger partial charge < -0.3 is 9.84 Å². The first kappa shape index (κ1) is 17.2. The first-order valence-electron chi connectivity index (χ1n) is 7.29. The molecule has 1 saturated heterocycles. The molecule has 0 aliphatic carbocycles. The number of carboxylic acid groups (broad SMARTS) is 1. The molecule has 5 nitrogen and oxygen atoms in total. The summed E-state index contributed by atoms with van der Waals surface area (Å²) in [6, 6.07) is 1.59. The Balaban J connectivity index is 2.35. The lowest BCUT2D eigenvalue weighted by atomic mass is 10.0. The molecule has 1 heterocycles. The fourth-order valence-corrected chi connectivity index (χ4v) is 2.67. The van der Waals surface area contributed by atoms with Crippen LogP contribution in [0.1, 0.15) is 45.2 Å². The van der Waals surface area contributed by atoms with Gasteiger partial charge in [-0.15, -0.1) is 0 Å².